The number of carbonyl (C=O) groups is 1. The third-order valence-corrected chi connectivity index (χ3v) is 4.28. The van der Waals surface area contributed by atoms with Gasteiger partial charge in [-0.2, -0.15) is 0 Å². The van der Waals surface area contributed by atoms with E-state index in [0.29, 0.717) is 19.1 Å². The molecule has 1 aliphatic heterocycles. The van der Waals surface area contributed by atoms with Gasteiger partial charge < -0.3 is 9.64 Å². The van der Waals surface area contributed by atoms with Gasteiger partial charge in [-0.1, -0.05) is 43.2 Å². The van der Waals surface area contributed by atoms with Crippen molar-refractivity contribution in [1.82, 2.24) is 4.90 Å². The van der Waals surface area contributed by atoms with Crippen LogP contribution in [0.3, 0.4) is 0 Å². The van der Waals surface area contributed by atoms with Crippen molar-refractivity contribution in [1.29, 1.82) is 0 Å². The number of ether oxygens (including phenoxy) is 1. The molecule has 1 aromatic carbocycles. The molecule has 1 aromatic rings. The number of benzene rings is 1. The third kappa shape index (κ3) is 4.35. The van der Waals surface area contributed by atoms with Crippen molar-refractivity contribution in [3.63, 3.8) is 0 Å². The predicted octanol–water partition coefficient (Wildman–Crippen LogP) is 3.07. The molecule has 0 bridgehead atoms. The Morgan fingerprint density at radius 3 is 2.91 bits per heavy atom. The zero-order valence-corrected chi connectivity index (χ0v) is 13.3. The molecule has 0 aliphatic carbocycles. The van der Waals surface area contributed by atoms with E-state index in [4.69, 9.17) is 11.2 Å². The topological polar surface area (TPSA) is 29.5 Å². The number of piperidine rings is 1. The second-order valence-electron chi connectivity index (χ2n) is 5.88. The van der Waals surface area contributed by atoms with Crippen LogP contribution in [0.1, 0.15) is 37.7 Å². The van der Waals surface area contributed by atoms with Gasteiger partial charge >= 0.3 is 0 Å². The van der Waals surface area contributed by atoms with Crippen molar-refractivity contribution < 1.29 is 9.53 Å². The number of terminal acetylenes is 1. The highest BCUT2D eigenvalue weighted by molar-refractivity contribution is 5.83. The van der Waals surface area contributed by atoms with Gasteiger partial charge in [-0.3, -0.25) is 4.79 Å². The van der Waals surface area contributed by atoms with Crippen molar-refractivity contribution >= 4 is 5.91 Å². The molecule has 3 heteroatoms. The first kappa shape index (κ1) is 16.6. The number of hydrogen-bond donors (Lipinski definition) is 0. The van der Waals surface area contributed by atoms with E-state index in [1.807, 2.05) is 35.2 Å². The summed E-state index contributed by atoms with van der Waals surface area (Å²) in [5.74, 6) is 3.10. The van der Waals surface area contributed by atoms with Crippen LogP contribution in [-0.4, -0.2) is 37.1 Å². The highest BCUT2D eigenvalue weighted by atomic mass is 16.5. The fourth-order valence-corrected chi connectivity index (χ4v) is 3.14. The second-order valence-corrected chi connectivity index (χ2v) is 5.88. The Bertz CT molecular complexity index is 506. The minimum Gasteiger partial charge on any atom is -0.368 e. The predicted molar refractivity (Wildman–Crippen MR) is 88.4 cm³/mol. The maximum Gasteiger partial charge on any atom is 0.230 e. The maximum atomic E-state index is 12.9. The van der Waals surface area contributed by atoms with Gasteiger partial charge in [0.25, 0.3) is 0 Å². The molecule has 1 amide bonds. The number of amides is 1. The molecule has 2 rings (SSSR count). The smallest absolute Gasteiger partial charge is 0.230 e. The summed E-state index contributed by atoms with van der Waals surface area (Å²) in [5, 5.41) is 0. The Balaban J connectivity index is 1.97. The lowest BCUT2D eigenvalue weighted by molar-refractivity contribution is -0.135. The van der Waals surface area contributed by atoms with Gasteiger partial charge in [0.2, 0.25) is 5.91 Å². The summed E-state index contributed by atoms with van der Waals surface area (Å²) in [4.78, 5) is 14.9. The van der Waals surface area contributed by atoms with Crippen molar-refractivity contribution in [3.05, 3.63) is 35.9 Å². The highest BCUT2D eigenvalue weighted by Crippen LogP contribution is 2.25. The van der Waals surface area contributed by atoms with E-state index in [-0.39, 0.29) is 11.8 Å². The molecule has 3 nitrogen and oxygen atoms in total. The molecule has 0 saturated carbocycles. The molecule has 2 atom stereocenters. The highest BCUT2D eigenvalue weighted by Gasteiger charge is 2.28. The van der Waals surface area contributed by atoms with Crippen LogP contribution in [0.25, 0.3) is 0 Å². The number of carbonyl (C=O) groups excluding carboxylic acids is 1. The van der Waals surface area contributed by atoms with Gasteiger partial charge in [0, 0.05) is 13.1 Å². The summed E-state index contributed by atoms with van der Waals surface area (Å²) >= 11 is 0. The van der Waals surface area contributed by atoms with Crippen LogP contribution in [0.15, 0.2) is 30.3 Å². The summed E-state index contributed by atoms with van der Waals surface area (Å²) in [6, 6.07) is 10.1. The Hall–Kier alpha value is -1.79. The van der Waals surface area contributed by atoms with Gasteiger partial charge in [-0.25, -0.2) is 0 Å². The Morgan fingerprint density at radius 2 is 2.23 bits per heavy atom. The molecule has 1 saturated heterocycles. The lowest BCUT2D eigenvalue weighted by atomic mass is 9.92. The summed E-state index contributed by atoms with van der Waals surface area (Å²) in [6.07, 6.45) is 8.18. The summed E-state index contributed by atoms with van der Waals surface area (Å²) in [7, 11) is 0. The maximum absolute atomic E-state index is 12.9. The number of likely N-dealkylation sites (tertiary alicyclic amines) is 1. The first-order valence-corrected chi connectivity index (χ1v) is 8.11. The zero-order chi connectivity index (χ0) is 15.8. The lowest BCUT2D eigenvalue weighted by Crippen LogP contribution is -2.43. The molecule has 0 spiro atoms. The number of rotatable bonds is 6. The van der Waals surface area contributed by atoms with E-state index in [0.717, 1.165) is 37.9 Å². The second kappa shape index (κ2) is 8.60. The van der Waals surface area contributed by atoms with E-state index < -0.39 is 0 Å². The largest absolute Gasteiger partial charge is 0.368 e. The monoisotopic (exact) mass is 299 g/mol. The Labute approximate surface area is 133 Å². The molecule has 22 heavy (non-hydrogen) atoms. The van der Waals surface area contributed by atoms with Crippen molar-refractivity contribution in [2.45, 2.75) is 32.1 Å². The molecular weight excluding hydrogens is 274 g/mol. The van der Waals surface area contributed by atoms with E-state index in [9.17, 15) is 4.79 Å². The van der Waals surface area contributed by atoms with Gasteiger partial charge in [0.1, 0.15) is 6.61 Å². The van der Waals surface area contributed by atoms with Gasteiger partial charge in [-0.15, -0.1) is 6.42 Å². The van der Waals surface area contributed by atoms with Crippen LogP contribution in [-0.2, 0) is 9.53 Å². The number of hydrogen-bond acceptors (Lipinski definition) is 2. The van der Waals surface area contributed by atoms with E-state index in [2.05, 4.69) is 12.8 Å². The molecule has 2 unspecified atom stereocenters. The normalized spacial score (nSPS) is 19.5. The van der Waals surface area contributed by atoms with Crippen LogP contribution in [0.5, 0.6) is 0 Å². The van der Waals surface area contributed by atoms with Crippen molar-refractivity contribution in [2.75, 3.05) is 26.3 Å². The molecule has 0 N–H and O–H groups in total. The Morgan fingerprint density at radius 1 is 1.45 bits per heavy atom. The van der Waals surface area contributed by atoms with Crippen molar-refractivity contribution in [2.24, 2.45) is 5.92 Å². The van der Waals surface area contributed by atoms with Gasteiger partial charge in [0.05, 0.1) is 12.5 Å². The van der Waals surface area contributed by atoms with Crippen LogP contribution >= 0.6 is 0 Å². The van der Waals surface area contributed by atoms with Gasteiger partial charge in [0.15, 0.2) is 0 Å². The van der Waals surface area contributed by atoms with Crippen LogP contribution < -0.4 is 0 Å². The molecule has 0 radical (unpaired) electrons. The first-order chi connectivity index (χ1) is 10.8. The number of nitrogens with zero attached hydrogens (tertiary/aromatic N) is 1. The third-order valence-electron chi connectivity index (χ3n) is 4.28. The van der Waals surface area contributed by atoms with E-state index in [1.165, 1.54) is 0 Å². The average Bonchev–Trinajstić information content (AvgIpc) is 2.57. The first-order valence-electron chi connectivity index (χ1n) is 8.11. The minimum atomic E-state index is -0.0356. The minimum absolute atomic E-state index is 0.0356. The molecule has 1 fully saturated rings. The summed E-state index contributed by atoms with van der Waals surface area (Å²) < 4.78 is 5.45. The molecule has 0 aromatic heterocycles. The lowest BCUT2D eigenvalue weighted by Gasteiger charge is -2.34. The van der Waals surface area contributed by atoms with E-state index in [1.54, 1.807) is 0 Å². The fraction of sp³-hybridized carbons (Fsp3) is 0.526. The standard InChI is InChI=1S/C19H25NO2/c1-3-13-22-15-16-9-8-12-20(14-16)19(21)18(4-2)17-10-6-5-7-11-17/h1,5-7,10-11,16,18H,4,8-9,12-15H2,2H3. The van der Waals surface area contributed by atoms with Crippen LogP contribution in [0, 0.1) is 18.3 Å². The molecule has 1 heterocycles. The zero-order valence-electron chi connectivity index (χ0n) is 13.3. The van der Waals surface area contributed by atoms with Crippen molar-refractivity contribution in [3.8, 4) is 12.3 Å². The average molecular weight is 299 g/mol. The van der Waals surface area contributed by atoms with Gasteiger partial charge in [-0.05, 0) is 30.7 Å². The molecule has 118 valence electrons. The van der Waals surface area contributed by atoms with Crippen LogP contribution in [0.2, 0.25) is 0 Å². The SMILES string of the molecule is C#CCOCC1CCCN(C(=O)C(CC)c2ccccc2)C1. The molecule has 1 aliphatic rings. The van der Waals surface area contributed by atoms with E-state index >= 15 is 0 Å². The summed E-state index contributed by atoms with van der Waals surface area (Å²) in [5.41, 5.74) is 1.11. The quantitative estimate of drug-likeness (QED) is 0.597. The van der Waals surface area contributed by atoms with Crippen LogP contribution in [0.4, 0.5) is 0 Å². The fourth-order valence-electron chi connectivity index (χ4n) is 3.14. The molecular formula is C19H25NO2. The summed E-state index contributed by atoms with van der Waals surface area (Å²) in [6.45, 7) is 4.72. The Kier molecular flexibility index (Phi) is 6.48.